The molecule has 29 heavy (non-hydrogen) atoms. The zero-order valence-corrected chi connectivity index (χ0v) is 18.0. The molecule has 0 spiro atoms. The van der Waals surface area contributed by atoms with Crippen molar-refractivity contribution in [2.75, 3.05) is 32.8 Å². The van der Waals surface area contributed by atoms with Crippen LogP contribution in [-0.4, -0.2) is 58.2 Å². The number of hydrogen-bond acceptors (Lipinski definition) is 5. The van der Waals surface area contributed by atoms with Crippen LogP contribution in [0.1, 0.15) is 6.92 Å². The second-order valence-corrected chi connectivity index (χ2v) is 10.6. The fourth-order valence-electron chi connectivity index (χ4n) is 2.96. The molecule has 1 aliphatic rings. The number of nitrogens with zero attached hydrogens (tertiary/aromatic N) is 2. The van der Waals surface area contributed by atoms with E-state index in [1.54, 1.807) is 12.1 Å². The number of halogens is 2. The van der Waals surface area contributed by atoms with Crippen LogP contribution in [0.2, 0.25) is 5.02 Å². The van der Waals surface area contributed by atoms with E-state index < -0.39 is 25.9 Å². The van der Waals surface area contributed by atoms with Gasteiger partial charge in [-0.15, -0.1) is 0 Å². The Morgan fingerprint density at radius 3 is 1.86 bits per heavy atom. The van der Waals surface area contributed by atoms with E-state index in [9.17, 15) is 21.2 Å². The summed E-state index contributed by atoms with van der Waals surface area (Å²) < 4.78 is 72.2. The highest BCUT2D eigenvalue weighted by atomic mass is 35.5. The lowest BCUT2D eigenvalue weighted by Gasteiger charge is -2.33. The molecule has 0 aliphatic carbocycles. The summed E-state index contributed by atoms with van der Waals surface area (Å²) in [6, 6.07) is 9.26. The average Bonchev–Trinajstić information content (AvgIpc) is 2.71. The van der Waals surface area contributed by atoms with Crippen LogP contribution in [0.4, 0.5) is 4.39 Å². The molecule has 0 N–H and O–H groups in total. The van der Waals surface area contributed by atoms with Crippen LogP contribution < -0.4 is 4.74 Å². The summed E-state index contributed by atoms with van der Waals surface area (Å²) in [4.78, 5) is -0.0192. The van der Waals surface area contributed by atoms with Gasteiger partial charge in [-0.3, -0.25) is 0 Å². The summed E-state index contributed by atoms with van der Waals surface area (Å²) in [5.41, 5.74) is 0. The van der Waals surface area contributed by atoms with E-state index in [1.807, 2.05) is 6.92 Å². The fourth-order valence-corrected chi connectivity index (χ4v) is 6.08. The van der Waals surface area contributed by atoms with Gasteiger partial charge in [0.2, 0.25) is 20.0 Å². The maximum Gasteiger partial charge on any atom is 0.243 e. The quantitative estimate of drug-likeness (QED) is 0.658. The van der Waals surface area contributed by atoms with Gasteiger partial charge in [0.05, 0.1) is 21.4 Å². The normalized spacial score (nSPS) is 16.7. The van der Waals surface area contributed by atoms with E-state index in [-0.39, 0.29) is 41.0 Å². The molecule has 7 nitrogen and oxygen atoms in total. The molecular weight excluding hydrogens is 443 g/mol. The molecular formula is C18H20ClFN2O5S2. The molecule has 0 radical (unpaired) electrons. The minimum Gasteiger partial charge on any atom is -0.494 e. The molecule has 0 amide bonds. The highest BCUT2D eigenvalue weighted by molar-refractivity contribution is 7.89. The first kappa shape index (κ1) is 22.0. The van der Waals surface area contributed by atoms with E-state index in [2.05, 4.69) is 0 Å². The lowest BCUT2D eigenvalue weighted by atomic mass is 10.3. The van der Waals surface area contributed by atoms with Crippen molar-refractivity contribution in [3.8, 4) is 5.75 Å². The smallest absolute Gasteiger partial charge is 0.243 e. The lowest BCUT2D eigenvalue weighted by Crippen LogP contribution is -2.50. The van der Waals surface area contributed by atoms with Gasteiger partial charge in [-0.1, -0.05) is 11.6 Å². The minimum absolute atomic E-state index is 0.00367. The van der Waals surface area contributed by atoms with Crippen molar-refractivity contribution >= 4 is 31.6 Å². The number of sulfonamides is 2. The van der Waals surface area contributed by atoms with Gasteiger partial charge in [0.25, 0.3) is 0 Å². The van der Waals surface area contributed by atoms with Gasteiger partial charge in [0, 0.05) is 26.2 Å². The second kappa shape index (κ2) is 8.57. The third-order valence-electron chi connectivity index (χ3n) is 4.50. The monoisotopic (exact) mass is 462 g/mol. The highest BCUT2D eigenvalue weighted by Crippen LogP contribution is 2.25. The SMILES string of the molecule is CCOc1ccc(S(=O)(=O)N2CCN(S(=O)(=O)c3ccc(F)c(Cl)c3)CC2)cc1. The maximum atomic E-state index is 13.3. The van der Waals surface area contributed by atoms with E-state index in [4.69, 9.17) is 16.3 Å². The predicted molar refractivity (Wildman–Crippen MR) is 107 cm³/mol. The van der Waals surface area contributed by atoms with E-state index >= 15 is 0 Å². The first-order chi connectivity index (χ1) is 13.7. The van der Waals surface area contributed by atoms with Crippen LogP contribution in [0.25, 0.3) is 0 Å². The van der Waals surface area contributed by atoms with E-state index in [0.29, 0.717) is 12.4 Å². The summed E-state index contributed by atoms with van der Waals surface area (Å²) in [7, 11) is -7.66. The Morgan fingerprint density at radius 1 is 0.897 bits per heavy atom. The zero-order chi connectivity index (χ0) is 21.2. The van der Waals surface area contributed by atoms with Crippen molar-refractivity contribution in [1.82, 2.24) is 8.61 Å². The van der Waals surface area contributed by atoms with Crippen molar-refractivity contribution in [3.05, 3.63) is 53.3 Å². The topological polar surface area (TPSA) is 84.0 Å². The van der Waals surface area contributed by atoms with Crippen LogP contribution >= 0.6 is 11.6 Å². The Kier molecular flexibility index (Phi) is 6.49. The molecule has 2 aromatic rings. The van der Waals surface area contributed by atoms with Crippen LogP contribution in [-0.2, 0) is 20.0 Å². The zero-order valence-electron chi connectivity index (χ0n) is 15.6. The van der Waals surface area contributed by atoms with Crippen LogP contribution in [0, 0.1) is 5.82 Å². The Bertz CT molecular complexity index is 1080. The van der Waals surface area contributed by atoms with E-state index in [0.717, 1.165) is 18.2 Å². The van der Waals surface area contributed by atoms with Crippen molar-refractivity contribution in [3.63, 3.8) is 0 Å². The van der Waals surface area contributed by atoms with Crippen molar-refractivity contribution in [1.29, 1.82) is 0 Å². The van der Waals surface area contributed by atoms with Crippen molar-refractivity contribution in [2.24, 2.45) is 0 Å². The molecule has 158 valence electrons. The molecule has 2 aromatic carbocycles. The van der Waals surface area contributed by atoms with Gasteiger partial charge in [-0.2, -0.15) is 8.61 Å². The number of ether oxygens (including phenoxy) is 1. The van der Waals surface area contributed by atoms with E-state index in [1.165, 1.54) is 20.7 Å². The van der Waals surface area contributed by atoms with Gasteiger partial charge >= 0.3 is 0 Å². The average molecular weight is 463 g/mol. The Balaban J connectivity index is 1.72. The molecule has 0 aromatic heterocycles. The third kappa shape index (κ3) is 4.56. The molecule has 3 rings (SSSR count). The van der Waals surface area contributed by atoms with Crippen LogP contribution in [0.5, 0.6) is 5.75 Å². The van der Waals surface area contributed by atoms with Gasteiger partial charge in [0.15, 0.2) is 0 Å². The highest BCUT2D eigenvalue weighted by Gasteiger charge is 2.34. The molecule has 1 fully saturated rings. The second-order valence-electron chi connectivity index (χ2n) is 6.29. The van der Waals surface area contributed by atoms with Crippen LogP contribution in [0.15, 0.2) is 52.3 Å². The molecule has 0 unspecified atom stereocenters. The first-order valence-electron chi connectivity index (χ1n) is 8.84. The number of piperazine rings is 1. The predicted octanol–water partition coefficient (Wildman–Crippen LogP) is 2.57. The van der Waals surface area contributed by atoms with Crippen molar-refractivity contribution in [2.45, 2.75) is 16.7 Å². The number of benzene rings is 2. The van der Waals surface area contributed by atoms with Gasteiger partial charge < -0.3 is 4.74 Å². The molecule has 0 atom stereocenters. The largest absolute Gasteiger partial charge is 0.494 e. The van der Waals surface area contributed by atoms with Gasteiger partial charge in [-0.05, 0) is 49.4 Å². The maximum absolute atomic E-state index is 13.3. The van der Waals surface area contributed by atoms with Crippen LogP contribution in [0.3, 0.4) is 0 Å². The standard InChI is InChI=1S/C18H20ClFN2O5S2/c1-2-27-14-3-5-15(6-4-14)28(23,24)21-9-11-22(12-10-21)29(25,26)16-7-8-18(20)17(19)13-16/h3-8,13H,2,9-12H2,1H3. The van der Waals surface area contributed by atoms with Gasteiger partial charge in [0.1, 0.15) is 11.6 Å². The minimum atomic E-state index is -3.90. The van der Waals surface area contributed by atoms with Crippen molar-refractivity contribution < 1.29 is 26.0 Å². The Labute approximate surface area is 174 Å². The summed E-state index contributed by atoms with van der Waals surface area (Å²) in [6.45, 7) is 2.27. The summed E-state index contributed by atoms with van der Waals surface area (Å²) in [5, 5.41) is -0.289. The first-order valence-corrected chi connectivity index (χ1v) is 12.1. The fraction of sp³-hybridized carbons (Fsp3) is 0.333. The molecule has 11 heteroatoms. The molecule has 1 aliphatic heterocycles. The van der Waals surface area contributed by atoms with Gasteiger partial charge in [-0.25, -0.2) is 21.2 Å². The molecule has 0 bridgehead atoms. The number of hydrogen-bond donors (Lipinski definition) is 0. The Morgan fingerprint density at radius 2 is 1.38 bits per heavy atom. The summed E-state index contributed by atoms with van der Waals surface area (Å²) >= 11 is 5.69. The Hall–Kier alpha value is -1.72. The molecule has 0 saturated carbocycles. The number of rotatable bonds is 6. The summed E-state index contributed by atoms with van der Waals surface area (Å²) in [6.07, 6.45) is 0. The molecule has 1 saturated heterocycles. The third-order valence-corrected chi connectivity index (χ3v) is 8.60. The lowest BCUT2D eigenvalue weighted by molar-refractivity contribution is 0.272. The molecule has 1 heterocycles. The summed E-state index contributed by atoms with van der Waals surface area (Å²) in [5.74, 6) is -0.141.